The molecule has 10 aromatic rings. The van der Waals surface area contributed by atoms with Gasteiger partial charge in [-0.15, -0.1) is 0 Å². The number of fused-ring (bicyclic) bond motifs is 4. The monoisotopic (exact) mass is 978 g/mol. The maximum Gasteiger partial charge on any atom is 0.149 e. The summed E-state index contributed by atoms with van der Waals surface area (Å²) in [5.74, 6) is 0.946. The minimum Gasteiger partial charge on any atom is -0.507 e. The molecule has 370 valence electrons. The van der Waals surface area contributed by atoms with Crippen LogP contribution in [-0.4, -0.2) is 27.7 Å². The summed E-state index contributed by atoms with van der Waals surface area (Å²) in [5, 5.41) is 16.3. The van der Waals surface area contributed by atoms with Crippen LogP contribution in [0.25, 0.3) is 94.7 Å². The molecule has 0 saturated carbocycles. The number of furan rings is 1. The number of aromatic nitrogens is 3. The summed E-state index contributed by atoms with van der Waals surface area (Å²) in [5.41, 5.74) is 17.3. The molecule has 0 fully saturated rings. The number of hydrogen-bond donors (Lipinski definition) is 1. The first-order valence-electron chi connectivity index (χ1n) is 25.9. The molecule has 0 aliphatic rings. The summed E-state index contributed by atoms with van der Waals surface area (Å²) in [6.07, 6.45) is 1.92. The van der Waals surface area contributed by atoms with Crippen molar-refractivity contribution >= 4 is 46.2 Å². The molecule has 6 heteroatoms. The van der Waals surface area contributed by atoms with Gasteiger partial charge in [0.15, 0.2) is 0 Å². The van der Waals surface area contributed by atoms with Crippen molar-refractivity contribution in [3.63, 3.8) is 0 Å². The number of rotatable bonds is 7. The van der Waals surface area contributed by atoms with E-state index in [1.54, 1.807) is 0 Å². The molecule has 0 bridgehead atoms. The van der Waals surface area contributed by atoms with Gasteiger partial charge in [-0.1, -0.05) is 187 Å². The van der Waals surface area contributed by atoms with Gasteiger partial charge in [-0.25, -0.2) is 4.98 Å². The van der Waals surface area contributed by atoms with Crippen molar-refractivity contribution in [2.45, 2.75) is 124 Å². The Bertz CT molecular complexity index is 3760. The smallest absolute Gasteiger partial charge is 0.149 e. The second-order valence-electron chi connectivity index (χ2n) is 25.5. The predicted octanol–water partition coefficient (Wildman–Crippen LogP) is 18.1. The van der Waals surface area contributed by atoms with Crippen LogP contribution in [0.5, 0.6) is 5.75 Å². The average molecular weight is 978 g/mol. The first-order chi connectivity index (χ1) is 34.2. The van der Waals surface area contributed by atoms with Gasteiger partial charge < -0.3 is 9.52 Å². The first-order valence-corrected chi connectivity index (χ1v) is 29.4. The van der Waals surface area contributed by atoms with Gasteiger partial charge in [-0.2, -0.15) is 0 Å². The molecule has 0 aliphatic carbocycles. The van der Waals surface area contributed by atoms with Crippen molar-refractivity contribution in [3.8, 4) is 67.5 Å². The van der Waals surface area contributed by atoms with Crippen LogP contribution in [0.15, 0.2) is 156 Å². The van der Waals surface area contributed by atoms with Crippen LogP contribution in [0.1, 0.15) is 105 Å². The number of hydrogen-bond acceptors (Lipinski definition) is 4. The minimum absolute atomic E-state index is 0.0833. The van der Waals surface area contributed by atoms with E-state index in [-0.39, 0.29) is 27.4 Å². The highest BCUT2D eigenvalue weighted by atomic mass is 28.3. The van der Waals surface area contributed by atoms with Gasteiger partial charge in [0.2, 0.25) is 0 Å². The van der Waals surface area contributed by atoms with Crippen LogP contribution >= 0.6 is 0 Å². The number of phenols is 1. The van der Waals surface area contributed by atoms with E-state index in [1.165, 1.54) is 16.3 Å². The predicted molar refractivity (Wildman–Crippen MR) is 313 cm³/mol. The van der Waals surface area contributed by atoms with E-state index in [2.05, 4.69) is 253 Å². The van der Waals surface area contributed by atoms with Gasteiger partial charge in [-0.3, -0.25) is 9.55 Å². The van der Waals surface area contributed by atoms with Crippen molar-refractivity contribution in [1.29, 1.82) is 0 Å². The Labute approximate surface area is 434 Å². The Morgan fingerprint density at radius 2 is 1.11 bits per heavy atom. The van der Waals surface area contributed by atoms with Gasteiger partial charge in [0.25, 0.3) is 0 Å². The molecule has 0 amide bonds. The summed E-state index contributed by atoms with van der Waals surface area (Å²) in [6, 6.07) is 52.9. The number of nitrogens with zero attached hydrogens (tertiary/aromatic N) is 3. The fourth-order valence-electron chi connectivity index (χ4n) is 10.2. The molecule has 1 N–H and O–H groups in total. The number of aromatic hydroxyl groups is 1. The largest absolute Gasteiger partial charge is 0.507 e. The molecular weight excluding hydrogens is 907 g/mol. The first kappa shape index (κ1) is 49.6. The van der Waals surface area contributed by atoms with Crippen molar-refractivity contribution in [2.75, 3.05) is 0 Å². The molecule has 3 heterocycles. The average Bonchev–Trinajstić information content (AvgIpc) is 3.90. The quantitative estimate of drug-likeness (QED) is 0.162. The van der Waals surface area contributed by atoms with Crippen LogP contribution in [0, 0.1) is 0 Å². The summed E-state index contributed by atoms with van der Waals surface area (Å²) in [7, 11) is -1.51. The SMILES string of the molecule is CC(C)(C)c1cc(-c2cc(-c3ccc4c(c3)oc3cc([Si](C)(C)C)ccc34)ccn2)cc(-c2cccc3c2nc(-c2cc(C(C)(C)C)cc(C(C)(C)C)c2O)n3-c2ccc(C(C)(C)C)cc2-c2ccccc2)c1. The van der Waals surface area contributed by atoms with E-state index in [1.807, 2.05) is 6.20 Å². The van der Waals surface area contributed by atoms with Crippen molar-refractivity contribution in [3.05, 3.63) is 174 Å². The van der Waals surface area contributed by atoms with Crippen molar-refractivity contribution < 1.29 is 9.52 Å². The number of para-hydroxylation sites is 1. The second-order valence-corrected chi connectivity index (χ2v) is 30.5. The topological polar surface area (TPSA) is 64.1 Å². The van der Waals surface area contributed by atoms with Crippen LogP contribution in [0.2, 0.25) is 19.6 Å². The highest BCUT2D eigenvalue weighted by molar-refractivity contribution is 6.88. The van der Waals surface area contributed by atoms with E-state index in [0.717, 1.165) is 94.4 Å². The van der Waals surface area contributed by atoms with Gasteiger partial charge in [-0.05, 0) is 127 Å². The summed E-state index contributed by atoms with van der Waals surface area (Å²) in [6.45, 7) is 34.0. The molecule has 0 spiro atoms. The zero-order valence-electron chi connectivity index (χ0n) is 45.6. The van der Waals surface area contributed by atoms with Crippen molar-refractivity contribution in [2.24, 2.45) is 0 Å². The van der Waals surface area contributed by atoms with E-state index in [4.69, 9.17) is 14.4 Å². The lowest BCUT2D eigenvalue weighted by molar-refractivity contribution is 0.446. The van der Waals surface area contributed by atoms with Crippen LogP contribution in [0.4, 0.5) is 0 Å². The molecule has 10 rings (SSSR count). The fraction of sp³-hybridized carbons (Fsp3) is 0.284. The maximum atomic E-state index is 12.6. The van der Waals surface area contributed by atoms with Crippen LogP contribution in [0.3, 0.4) is 0 Å². The van der Waals surface area contributed by atoms with E-state index >= 15 is 0 Å². The molecular formula is C67H71N3O2Si. The minimum atomic E-state index is -1.51. The third-order valence-corrected chi connectivity index (χ3v) is 16.8. The lowest BCUT2D eigenvalue weighted by atomic mass is 9.79. The highest BCUT2D eigenvalue weighted by Gasteiger charge is 2.30. The summed E-state index contributed by atoms with van der Waals surface area (Å²) < 4.78 is 8.86. The Morgan fingerprint density at radius 1 is 0.479 bits per heavy atom. The molecule has 0 atom stereocenters. The van der Waals surface area contributed by atoms with Gasteiger partial charge in [0.1, 0.15) is 22.7 Å². The third kappa shape index (κ3) is 9.35. The van der Waals surface area contributed by atoms with E-state index in [9.17, 15) is 5.11 Å². The van der Waals surface area contributed by atoms with Crippen molar-refractivity contribution in [1.82, 2.24) is 14.5 Å². The zero-order valence-corrected chi connectivity index (χ0v) is 46.6. The normalized spacial score (nSPS) is 12.9. The lowest BCUT2D eigenvalue weighted by Crippen LogP contribution is -2.37. The molecule has 3 aromatic heterocycles. The Kier molecular flexibility index (Phi) is 11.9. The number of pyridine rings is 1. The molecule has 0 aliphatic heterocycles. The molecule has 0 saturated heterocycles. The fourth-order valence-corrected chi connectivity index (χ4v) is 11.3. The molecule has 73 heavy (non-hydrogen) atoms. The number of benzene rings is 7. The number of imidazole rings is 1. The highest BCUT2D eigenvalue weighted by Crippen LogP contribution is 2.46. The molecule has 7 aromatic carbocycles. The second kappa shape index (κ2) is 17.6. The summed E-state index contributed by atoms with van der Waals surface area (Å²) in [4.78, 5) is 10.8. The molecule has 0 radical (unpaired) electrons. The zero-order chi connectivity index (χ0) is 52.2. The van der Waals surface area contributed by atoms with Gasteiger partial charge in [0, 0.05) is 39.2 Å². The third-order valence-electron chi connectivity index (χ3n) is 14.7. The Hall–Kier alpha value is -7.02. The van der Waals surface area contributed by atoms with Crippen LogP contribution in [-0.2, 0) is 21.7 Å². The molecule has 5 nitrogen and oxygen atoms in total. The Balaban J connectivity index is 1.20. The van der Waals surface area contributed by atoms with E-state index in [0.29, 0.717) is 11.4 Å². The Morgan fingerprint density at radius 3 is 1.78 bits per heavy atom. The summed E-state index contributed by atoms with van der Waals surface area (Å²) >= 11 is 0. The van der Waals surface area contributed by atoms with E-state index < -0.39 is 8.07 Å². The van der Waals surface area contributed by atoms with Gasteiger partial charge >= 0.3 is 0 Å². The molecule has 0 unspecified atom stereocenters. The maximum absolute atomic E-state index is 12.6. The standard InChI is InChI=1S/C67H71N3O2Si/c1-64(2,3)46-25-29-57(53(37-46)41-20-17-16-18-21-41)70-58-23-19-22-50(61(58)69-63(70)54-38-48(66(7,8)9)39-55(62(54)71)67(10,11)12)44-32-45(34-47(33-44)65(4,5)6)56-35-43(30-31-68-56)42-24-27-51-52-28-26-49(73(13,14)15)40-60(52)72-59(51)36-42/h16-40,71H,1-15H3. The lowest BCUT2D eigenvalue weighted by Gasteiger charge is -2.28. The van der Waals surface area contributed by atoms with Crippen LogP contribution < -0.4 is 5.19 Å². The van der Waals surface area contributed by atoms with Gasteiger partial charge in [0.05, 0.1) is 36.1 Å². The number of phenolic OH excluding ortho intramolecular Hbond substituents is 1.